The van der Waals surface area contributed by atoms with Gasteiger partial charge in [0, 0.05) is 29.1 Å². The molecule has 0 aliphatic rings. The Hall–Kier alpha value is -5.23. The number of nitrogens with two attached hydrogens (primary N) is 2. The maximum Gasteiger partial charge on any atom is 0.292 e. The van der Waals surface area contributed by atoms with E-state index in [1.165, 1.54) is 48.5 Å². The number of nitrogens with zero attached hydrogens (tertiary/aromatic N) is 6. The van der Waals surface area contributed by atoms with Crippen LogP contribution in [0.3, 0.4) is 0 Å². The number of nitro groups is 2. The van der Waals surface area contributed by atoms with Gasteiger partial charge < -0.3 is 16.8 Å². The molecule has 15 heteroatoms. The molecule has 3 rings (SSSR count). The fourth-order valence-corrected chi connectivity index (χ4v) is 3.68. The molecule has 5 N–H and O–H groups in total. The van der Waals surface area contributed by atoms with E-state index in [-0.39, 0.29) is 22.1 Å². The van der Waals surface area contributed by atoms with Crippen molar-refractivity contribution < 1.29 is 14.6 Å². The van der Waals surface area contributed by atoms with Gasteiger partial charge in [0.05, 0.1) is 21.6 Å². The minimum Gasteiger partial charge on any atom is -0.369 e. The van der Waals surface area contributed by atoms with Crippen LogP contribution in [0.15, 0.2) is 64.1 Å². The Labute approximate surface area is 200 Å². The molecule has 14 nitrogen and oxygen atoms in total. The number of para-hydroxylation sites is 2. The topological polar surface area (TPSA) is 229 Å². The van der Waals surface area contributed by atoms with E-state index in [2.05, 4.69) is 20.5 Å². The normalized spacial score (nSPS) is 11.7. The van der Waals surface area contributed by atoms with Crippen molar-refractivity contribution in [1.82, 2.24) is 4.98 Å². The van der Waals surface area contributed by atoms with Crippen LogP contribution >= 0.6 is 11.3 Å². The van der Waals surface area contributed by atoms with Crippen LogP contribution in [0, 0.1) is 31.6 Å². The van der Waals surface area contributed by atoms with Crippen LogP contribution in [0.5, 0.6) is 0 Å². The summed E-state index contributed by atoms with van der Waals surface area (Å²) in [5.41, 5.74) is 10.5. The van der Waals surface area contributed by atoms with E-state index in [0.717, 1.165) is 11.3 Å². The highest BCUT2D eigenvalue weighted by atomic mass is 32.1. The number of amides is 1. The quantitative estimate of drug-likeness (QED) is 0.181. The average molecular weight is 493 g/mol. The molecule has 1 atom stereocenters. The van der Waals surface area contributed by atoms with Crippen LogP contribution in [-0.2, 0) is 4.79 Å². The first-order valence-electron chi connectivity index (χ1n) is 9.52. The van der Waals surface area contributed by atoms with E-state index in [1.54, 1.807) is 5.38 Å². The fraction of sp³-hybridized carbons (Fsp3) is 0.0500. The van der Waals surface area contributed by atoms with Gasteiger partial charge in [-0.15, -0.1) is 21.5 Å². The SMILES string of the molecule is N#C[C@H](/C(=N\N=C(N)N)C(=O)Nc1ccccc1[N+](=O)[O-])c1nc(-c2ccc([N+](=O)[O-])cc2)cs1. The lowest BCUT2D eigenvalue weighted by atomic mass is 10.0. The number of rotatable bonds is 8. The molecule has 0 saturated heterocycles. The van der Waals surface area contributed by atoms with Crippen LogP contribution < -0.4 is 16.8 Å². The lowest BCUT2D eigenvalue weighted by Crippen LogP contribution is -2.29. The van der Waals surface area contributed by atoms with E-state index < -0.39 is 33.3 Å². The number of carbonyl (C=O) groups excluding carboxylic acids is 1. The second kappa shape index (κ2) is 10.6. The molecule has 1 aromatic heterocycles. The molecule has 1 amide bonds. The fourth-order valence-electron chi connectivity index (χ4n) is 2.81. The predicted molar refractivity (Wildman–Crippen MR) is 128 cm³/mol. The summed E-state index contributed by atoms with van der Waals surface area (Å²) < 4.78 is 0. The molecule has 0 radical (unpaired) electrons. The third-order valence-corrected chi connectivity index (χ3v) is 5.31. The highest BCUT2D eigenvalue weighted by molar-refractivity contribution is 7.10. The number of nitrogens with one attached hydrogen (secondary N) is 1. The first-order valence-corrected chi connectivity index (χ1v) is 10.4. The number of aromatic nitrogens is 1. The number of hydrogen-bond acceptors (Lipinski definition) is 10. The second-order valence-corrected chi connectivity index (χ2v) is 7.57. The van der Waals surface area contributed by atoms with Gasteiger partial charge in [-0.1, -0.05) is 12.1 Å². The highest BCUT2D eigenvalue weighted by Crippen LogP contribution is 2.29. The van der Waals surface area contributed by atoms with Gasteiger partial charge in [-0.3, -0.25) is 25.0 Å². The summed E-state index contributed by atoms with van der Waals surface area (Å²) in [6.07, 6.45) is 0. The lowest BCUT2D eigenvalue weighted by molar-refractivity contribution is -0.384. The average Bonchev–Trinajstić information content (AvgIpc) is 3.31. The Morgan fingerprint density at radius 1 is 1.09 bits per heavy atom. The molecule has 0 unspecified atom stereocenters. The van der Waals surface area contributed by atoms with E-state index in [9.17, 15) is 30.3 Å². The summed E-state index contributed by atoms with van der Waals surface area (Å²) in [6.45, 7) is 0. The standard InChI is InChI=1S/C20H15N9O5S/c21-9-13(19-25-15(10-35-19)11-5-7-12(8-6-11)28(31)32)17(26-27-20(22)23)18(30)24-14-3-1-2-4-16(14)29(33)34/h1-8,10,13H,(H,24,30)(H4,22,23,27)/b26-17+/t13-/m1/s1. The summed E-state index contributed by atoms with van der Waals surface area (Å²) in [7, 11) is 0. The van der Waals surface area contributed by atoms with Gasteiger partial charge in [0.2, 0.25) is 5.96 Å². The molecule has 2 aromatic carbocycles. The molecule has 1 heterocycles. The Kier molecular flexibility index (Phi) is 7.39. The molecule has 0 bridgehead atoms. The van der Waals surface area contributed by atoms with E-state index in [4.69, 9.17) is 11.5 Å². The number of non-ortho nitro benzene ring substituents is 1. The summed E-state index contributed by atoms with van der Waals surface area (Å²) >= 11 is 1.03. The van der Waals surface area contributed by atoms with Crippen LogP contribution in [0.25, 0.3) is 11.3 Å². The molecule has 3 aromatic rings. The van der Waals surface area contributed by atoms with Crippen molar-refractivity contribution in [2.24, 2.45) is 21.7 Å². The maximum absolute atomic E-state index is 13.0. The molecule has 0 saturated carbocycles. The second-order valence-electron chi connectivity index (χ2n) is 6.68. The smallest absolute Gasteiger partial charge is 0.292 e. The number of benzene rings is 2. The number of anilines is 1. The summed E-state index contributed by atoms with van der Waals surface area (Å²) in [5, 5.41) is 43.2. The molecular weight excluding hydrogens is 478 g/mol. The zero-order chi connectivity index (χ0) is 25.5. The largest absolute Gasteiger partial charge is 0.369 e. The van der Waals surface area contributed by atoms with Gasteiger partial charge >= 0.3 is 0 Å². The minimum atomic E-state index is -1.34. The number of hydrogen-bond donors (Lipinski definition) is 3. The first kappa shape index (κ1) is 24.4. The third kappa shape index (κ3) is 5.77. The summed E-state index contributed by atoms with van der Waals surface area (Å²) in [4.78, 5) is 38.3. The number of thiazole rings is 1. The lowest BCUT2D eigenvalue weighted by Gasteiger charge is -2.10. The number of carbonyl (C=O) groups is 1. The number of nitro benzene ring substituents is 2. The van der Waals surface area contributed by atoms with E-state index in [0.29, 0.717) is 11.3 Å². The van der Waals surface area contributed by atoms with Gasteiger partial charge in [0.1, 0.15) is 16.6 Å². The van der Waals surface area contributed by atoms with Gasteiger partial charge in [-0.05, 0) is 18.2 Å². The Morgan fingerprint density at radius 3 is 2.37 bits per heavy atom. The Bertz CT molecular complexity index is 1390. The number of guanidine groups is 1. The van der Waals surface area contributed by atoms with Crippen molar-refractivity contribution >= 4 is 46.0 Å². The Balaban J connectivity index is 1.96. The van der Waals surface area contributed by atoms with E-state index in [1.807, 2.05) is 6.07 Å². The monoisotopic (exact) mass is 493 g/mol. The molecule has 0 fully saturated rings. The van der Waals surface area contributed by atoms with Crippen LogP contribution in [0.1, 0.15) is 10.9 Å². The molecule has 0 aliphatic carbocycles. The van der Waals surface area contributed by atoms with Crippen molar-refractivity contribution in [2.45, 2.75) is 5.92 Å². The van der Waals surface area contributed by atoms with Gasteiger partial charge in [-0.2, -0.15) is 5.26 Å². The molecule has 0 aliphatic heterocycles. The summed E-state index contributed by atoms with van der Waals surface area (Å²) in [6, 6.07) is 12.9. The minimum absolute atomic E-state index is 0.0996. The van der Waals surface area contributed by atoms with Crippen molar-refractivity contribution in [2.75, 3.05) is 5.32 Å². The van der Waals surface area contributed by atoms with Crippen molar-refractivity contribution in [1.29, 1.82) is 5.26 Å². The van der Waals surface area contributed by atoms with Gasteiger partial charge in [0.15, 0.2) is 5.71 Å². The molecule has 0 spiro atoms. The summed E-state index contributed by atoms with van der Waals surface area (Å²) in [5.74, 6) is -2.77. The highest BCUT2D eigenvalue weighted by Gasteiger charge is 2.29. The third-order valence-electron chi connectivity index (χ3n) is 4.40. The molecule has 176 valence electrons. The van der Waals surface area contributed by atoms with E-state index >= 15 is 0 Å². The van der Waals surface area contributed by atoms with Gasteiger partial charge in [-0.25, -0.2) is 4.98 Å². The van der Waals surface area contributed by atoms with Crippen molar-refractivity contribution in [3.05, 3.63) is 79.1 Å². The van der Waals surface area contributed by atoms with Crippen molar-refractivity contribution in [3.8, 4) is 17.3 Å². The zero-order valence-electron chi connectivity index (χ0n) is 17.6. The van der Waals surface area contributed by atoms with Crippen LogP contribution in [-0.4, -0.2) is 32.4 Å². The predicted octanol–water partition coefficient (Wildman–Crippen LogP) is 2.50. The first-order chi connectivity index (χ1) is 16.7. The number of nitriles is 1. The van der Waals surface area contributed by atoms with Gasteiger partial charge in [0.25, 0.3) is 17.3 Å². The molecule has 35 heavy (non-hydrogen) atoms. The molecular formula is C20H15N9O5S. The van der Waals surface area contributed by atoms with Crippen LogP contribution in [0.4, 0.5) is 17.1 Å². The van der Waals surface area contributed by atoms with Crippen molar-refractivity contribution in [3.63, 3.8) is 0 Å². The zero-order valence-corrected chi connectivity index (χ0v) is 18.4. The maximum atomic E-state index is 13.0. The van der Waals surface area contributed by atoms with Crippen LogP contribution in [0.2, 0.25) is 0 Å². The Morgan fingerprint density at radius 2 is 1.77 bits per heavy atom.